The van der Waals surface area contributed by atoms with Gasteiger partial charge in [0.2, 0.25) is 4.33 Å². The molecule has 0 aromatic carbocycles. The lowest BCUT2D eigenvalue weighted by Crippen LogP contribution is -2.43. The first-order valence-electron chi connectivity index (χ1n) is 8.97. The molecule has 7 heteroatoms. The smallest absolute Gasteiger partial charge is 0.343 e. The largest absolute Gasteiger partial charge is 0.479 e. The quantitative estimate of drug-likeness (QED) is 0.172. The standard InChI is InChI=1S/C18H30Cl4O3/c1-2-3-4-9-12-15(23)13-10-7-5-6-8-11-14-17(19,20)18(21,22)16(24)25/h7,10,15,23H,2-6,8-9,11-14H2,1H3,(H,24,25)/t15-/m1/s1. The fraction of sp³-hybridized carbons (Fsp3) is 0.833. The molecule has 0 saturated carbocycles. The minimum Gasteiger partial charge on any atom is -0.479 e. The maximum Gasteiger partial charge on any atom is 0.343 e. The highest BCUT2D eigenvalue weighted by atomic mass is 35.5. The first-order valence-corrected chi connectivity index (χ1v) is 10.5. The van der Waals surface area contributed by atoms with Crippen LogP contribution in [0.15, 0.2) is 12.2 Å². The van der Waals surface area contributed by atoms with E-state index >= 15 is 0 Å². The average molecular weight is 436 g/mol. The molecule has 0 spiro atoms. The topological polar surface area (TPSA) is 57.5 Å². The van der Waals surface area contributed by atoms with E-state index in [0.717, 1.165) is 32.1 Å². The van der Waals surface area contributed by atoms with Crippen LogP contribution in [0.25, 0.3) is 0 Å². The van der Waals surface area contributed by atoms with Gasteiger partial charge in [-0.05, 0) is 32.1 Å². The van der Waals surface area contributed by atoms with E-state index < -0.39 is 14.6 Å². The van der Waals surface area contributed by atoms with Gasteiger partial charge in [-0.2, -0.15) is 0 Å². The number of unbranched alkanes of at least 4 members (excludes halogenated alkanes) is 6. The van der Waals surface area contributed by atoms with Gasteiger partial charge in [0.1, 0.15) is 0 Å². The number of hydrogen-bond acceptors (Lipinski definition) is 2. The Kier molecular flexibility index (Phi) is 13.7. The number of aliphatic hydroxyl groups excluding tert-OH is 1. The van der Waals surface area contributed by atoms with Crippen LogP contribution in [0.3, 0.4) is 0 Å². The third-order valence-electron chi connectivity index (χ3n) is 4.06. The second-order valence-corrected chi connectivity index (χ2v) is 9.20. The zero-order chi connectivity index (χ0) is 19.3. The molecule has 0 aliphatic carbocycles. The molecule has 148 valence electrons. The second-order valence-electron chi connectivity index (χ2n) is 6.39. The van der Waals surface area contributed by atoms with Crippen LogP contribution in [0, 0.1) is 0 Å². The number of carbonyl (C=O) groups is 1. The van der Waals surface area contributed by atoms with Crippen LogP contribution in [0.2, 0.25) is 0 Å². The summed E-state index contributed by atoms with van der Waals surface area (Å²) in [6.45, 7) is 2.17. The van der Waals surface area contributed by atoms with Gasteiger partial charge in [-0.25, -0.2) is 4.79 Å². The van der Waals surface area contributed by atoms with Gasteiger partial charge in [0, 0.05) is 0 Å². The number of aliphatic carboxylic acids is 1. The minimum absolute atomic E-state index is 0.204. The molecule has 3 nitrogen and oxygen atoms in total. The Labute approximate surface area is 171 Å². The highest BCUT2D eigenvalue weighted by Gasteiger charge is 2.52. The number of rotatable bonds is 15. The molecule has 0 unspecified atom stereocenters. The average Bonchev–Trinajstić information content (AvgIpc) is 2.53. The Morgan fingerprint density at radius 2 is 1.64 bits per heavy atom. The summed E-state index contributed by atoms with van der Waals surface area (Å²) in [7, 11) is 0. The van der Waals surface area contributed by atoms with Gasteiger partial charge in [-0.1, -0.05) is 104 Å². The summed E-state index contributed by atoms with van der Waals surface area (Å²) in [5.74, 6) is -1.45. The Morgan fingerprint density at radius 3 is 2.24 bits per heavy atom. The summed E-state index contributed by atoms with van der Waals surface area (Å²) < 4.78 is -3.94. The first kappa shape index (κ1) is 25.3. The molecule has 0 aromatic rings. The highest BCUT2D eigenvalue weighted by molar-refractivity contribution is 6.68. The van der Waals surface area contributed by atoms with Crippen molar-refractivity contribution in [3.8, 4) is 0 Å². The van der Waals surface area contributed by atoms with Gasteiger partial charge < -0.3 is 10.2 Å². The zero-order valence-electron chi connectivity index (χ0n) is 14.8. The molecule has 0 amide bonds. The van der Waals surface area contributed by atoms with Crippen molar-refractivity contribution in [2.45, 2.75) is 92.3 Å². The minimum atomic E-state index is -2.22. The molecule has 0 fully saturated rings. The Balaban J connectivity index is 3.77. The fourth-order valence-corrected chi connectivity index (χ4v) is 3.01. The maximum atomic E-state index is 11.0. The van der Waals surface area contributed by atoms with Crippen LogP contribution in [0.4, 0.5) is 0 Å². The van der Waals surface area contributed by atoms with Gasteiger partial charge in [0.15, 0.2) is 4.33 Å². The predicted molar refractivity (Wildman–Crippen MR) is 108 cm³/mol. The maximum absolute atomic E-state index is 11.0. The van der Waals surface area contributed by atoms with Gasteiger partial charge >= 0.3 is 5.97 Å². The van der Waals surface area contributed by atoms with E-state index in [4.69, 9.17) is 51.5 Å². The zero-order valence-corrected chi connectivity index (χ0v) is 17.8. The highest BCUT2D eigenvalue weighted by Crippen LogP contribution is 2.46. The Bertz CT molecular complexity index is 398. The van der Waals surface area contributed by atoms with Gasteiger partial charge in [-0.15, -0.1) is 0 Å². The molecule has 0 saturated heterocycles. The molecule has 0 heterocycles. The Morgan fingerprint density at radius 1 is 1.00 bits per heavy atom. The summed E-state index contributed by atoms with van der Waals surface area (Å²) in [5, 5.41) is 18.8. The predicted octanol–water partition coefficient (Wildman–Crippen LogP) is 6.65. The van der Waals surface area contributed by atoms with Gasteiger partial charge in [-0.3, -0.25) is 0 Å². The van der Waals surface area contributed by atoms with Crippen molar-refractivity contribution in [3.05, 3.63) is 12.2 Å². The van der Waals surface area contributed by atoms with E-state index in [1.54, 1.807) is 0 Å². The molecule has 0 bridgehead atoms. The first-order chi connectivity index (χ1) is 11.6. The molecular formula is C18H30Cl4O3. The van der Waals surface area contributed by atoms with E-state index in [-0.39, 0.29) is 12.5 Å². The third-order valence-corrected chi connectivity index (χ3v) is 6.36. The van der Waals surface area contributed by atoms with Gasteiger partial charge in [0.25, 0.3) is 0 Å². The molecule has 0 rings (SSSR count). The summed E-state index contributed by atoms with van der Waals surface area (Å²) in [4.78, 5) is 11.0. The van der Waals surface area contributed by atoms with Crippen molar-refractivity contribution < 1.29 is 15.0 Å². The lowest BCUT2D eigenvalue weighted by atomic mass is 10.1. The van der Waals surface area contributed by atoms with Crippen LogP contribution >= 0.6 is 46.4 Å². The van der Waals surface area contributed by atoms with E-state index in [2.05, 4.69) is 13.0 Å². The van der Waals surface area contributed by atoms with E-state index in [1.165, 1.54) is 19.3 Å². The van der Waals surface area contributed by atoms with Crippen LogP contribution in [0.1, 0.15) is 77.6 Å². The fourth-order valence-electron chi connectivity index (χ4n) is 2.40. The van der Waals surface area contributed by atoms with Crippen LogP contribution < -0.4 is 0 Å². The number of halogens is 4. The lowest BCUT2D eigenvalue weighted by Gasteiger charge is -2.28. The van der Waals surface area contributed by atoms with Gasteiger partial charge in [0.05, 0.1) is 6.10 Å². The number of hydrogen-bond donors (Lipinski definition) is 2. The summed E-state index contributed by atoms with van der Waals surface area (Å²) >= 11 is 23.3. The third kappa shape index (κ3) is 10.9. The van der Waals surface area contributed by atoms with Crippen LogP contribution in [-0.2, 0) is 4.79 Å². The molecule has 0 radical (unpaired) electrons. The van der Waals surface area contributed by atoms with E-state index in [0.29, 0.717) is 12.8 Å². The molecule has 0 aliphatic heterocycles. The molecule has 1 atom stereocenters. The number of carboxylic acids is 1. The van der Waals surface area contributed by atoms with Crippen molar-refractivity contribution in [3.63, 3.8) is 0 Å². The van der Waals surface area contributed by atoms with E-state index in [1.807, 2.05) is 6.08 Å². The van der Waals surface area contributed by atoms with Crippen molar-refractivity contribution in [1.82, 2.24) is 0 Å². The van der Waals surface area contributed by atoms with Crippen molar-refractivity contribution in [1.29, 1.82) is 0 Å². The molecular weight excluding hydrogens is 406 g/mol. The number of carboxylic acid groups (broad SMARTS) is 1. The molecule has 0 aromatic heterocycles. The normalized spacial score (nSPS) is 14.2. The van der Waals surface area contributed by atoms with Crippen molar-refractivity contribution in [2.75, 3.05) is 0 Å². The lowest BCUT2D eigenvalue weighted by molar-refractivity contribution is -0.138. The van der Waals surface area contributed by atoms with E-state index in [9.17, 15) is 9.90 Å². The van der Waals surface area contributed by atoms with Crippen LogP contribution in [-0.4, -0.2) is 31.0 Å². The SMILES string of the molecule is CCCCCC[C@@H](O)CC=CCCCCCC(Cl)(Cl)C(Cl)(Cl)C(=O)O. The monoisotopic (exact) mass is 434 g/mol. The number of aliphatic hydroxyl groups is 1. The summed E-state index contributed by atoms with van der Waals surface area (Å²) in [5.41, 5.74) is 0. The van der Waals surface area contributed by atoms with Crippen molar-refractivity contribution >= 4 is 52.4 Å². The second kappa shape index (κ2) is 13.5. The summed E-state index contributed by atoms with van der Waals surface area (Å²) in [6, 6.07) is 0. The molecule has 2 N–H and O–H groups in total. The Hall–Kier alpha value is 0.330. The van der Waals surface area contributed by atoms with Crippen LogP contribution in [0.5, 0.6) is 0 Å². The molecule has 0 aliphatic rings. The summed E-state index contributed by atoms with van der Waals surface area (Å²) in [6.07, 6.45) is 13.6. The number of alkyl halides is 4. The number of allylic oxidation sites excluding steroid dienone is 1. The molecule has 25 heavy (non-hydrogen) atoms. The van der Waals surface area contributed by atoms with Crippen molar-refractivity contribution in [2.24, 2.45) is 0 Å².